The first kappa shape index (κ1) is 11.1. The SMILES string of the molecule is O=C1Cc2cc(C3NNNC3C(=O)O)ccc2N1. The Labute approximate surface area is 103 Å². The summed E-state index contributed by atoms with van der Waals surface area (Å²) in [5.41, 5.74) is 10.6. The molecule has 0 bridgehead atoms. The summed E-state index contributed by atoms with van der Waals surface area (Å²) in [5.74, 6) is -0.972. The number of amides is 1. The van der Waals surface area contributed by atoms with Crippen molar-refractivity contribution in [1.82, 2.24) is 16.4 Å². The second-order valence-corrected chi connectivity index (χ2v) is 4.35. The van der Waals surface area contributed by atoms with Gasteiger partial charge in [0.1, 0.15) is 6.04 Å². The molecule has 2 aliphatic heterocycles. The molecule has 0 spiro atoms. The number of benzene rings is 1. The zero-order chi connectivity index (χ0) is 12.7. The maximum absolute atomic E-state index is 11.3. The van der Waals surface area contributed by atoms with Gasteiger partial charge in [0.15, 0.2) is 0 Å². The van der Waals surface area contributed by atoms with Crippen LogP contribution in [0.15, 0.2) is 18.2 Å². The van der Waals surface area contributed by atoms with Gasteiger partial charge in [-0.15, -0.1) is 0 Å². The van der Waals surface area contributed by atoms with E-state index in [0.29, 0.717) is 6.42 Å². The number of hydrogen-bond donors (Lipinski definition) is 5. The minimum atomic E-state index is -0.938. The number of hydrazine groups is 2. The van der Waals surface area contributed by atoms with E-state index in [9.17, 15) is 9.59 Å². The van der Waals surface area contributed by atoms with E-state index in [4.69, 9.17) is 5.11 Å². The Morgan fingerprint density at radius 3 is 2.94 bits per heavy atom. The van der Waals surface area contributed by atoms with Crippen LogP contribution in [0.2, 0.25) is 0 Å². The number of carboxylic acid groups (broad SMARTS) is 1. The molecular weight excluding hydrogens is 236 g/mol. The molecule has 0 radical (unpaired) electrons. The van der Waals surface area contributed by atoms with Gasteiger partial charge in [0.2, 0.25) is 5.91 Å². The van der Waals surface area contributed by atoms with Crippen LogP contribution in [0.5, 0.6) is 0 Å². The van der Waals surface area contributed by atoms with Crippen molar-refractivity contribution < 1.29 is 14.7 Å². The fraction of sp³-hybridized carbons (Fsp3) is 0.273. The van der Waals surface area contributed by atoms with E-state index in [2.05, 4.69) is 21.7 Å². The molecule has 0 saturated carbocycles. The summed E-state index contributed by atoms with van der Waals surface area (Å²) in [7, 11) is 0. The Morgan fingerprint density at radius 1 is 1.33 bits per heavy atom. The van der Waals surface area contributed by atoms with E-state index in [1.165, 1.54) is 0 Å². The lowest BCUT2D eigenvalue weighted by Crippen LogP contribution is -2.38. The predicted molar refractivity (Wildman–Crippen MR) is 62.3 cm³/mol. The van der Waals surface area contributed by atoms with Crippen LogP contribution < -0.4 is 21.7 Å². The van der Waals surface area contributed by atoms with Gasteiger partial charge in [-0.05, 0) is 17.2 Å². The van der Waals surface area contributed by atoms with Crippen LogP contribution in [-0.4, -0.2) is 23.0 Å². The van der Waals surface area contributed by atoms with E-state index in [-0.39, 0.29) is 11.9 Å². The second kappa shape index (κ2) is 4.05. The average Bonchev–Trinajstić information content (AvgIpc) is 2.91. The molecule has 3 rings (SSSR count). The number of fused-ring (bicyclic) bond motifs is 1. The molecule has 18 heavy (non-hydrogen) atoms. The van der Waals surface area contributed by atoms with Crippen LogP contribution in [0.4, 0.5) is 5.69 Å². The third-order valence-electron chi connectivity index (χ3n) is 3.17. The highest BCUT2D eigenvalue weighted by molar-refractivity contribution is 5.99. The van der Waals surface area contributed by atoms with Crippen molar-refractivity contribution in [2.45, 2.75) is 18.5 Å². The highest BCUT2D eigenvalue weighted by Crippen LogP contribution is 2.28. The van der Waals surface area contributed by atoms with Crippen LogP contribution in [0.25, 0.3) is 0 Å². The van der Waals surface area contributed by atoms with Gasteiger partial charge in [-0.1, -0.05) is 12.1 Å². The maximum Gasteiger partial charge on any atom is 0.324 e. The highest BCUT2D eigenvalue weighted by atomic mass is 16.4. The third kappa shape index (κ3) is 1.74. The predicted octanol–water partition coefficient (Wildman–Crippen LogP) is -0.712. The van der Waals surface area contributed by atoms with E-state index in [1.807, 2.05) is 12.1 Å². The highest BCUT2D eigenvalue weighted by Gasteiger charge is 2.34. The summed E-state index contributed by atoms with van der Waals surface area (Å²) < 4.78 is 0. The van der Waals surface area contributed by atoms with Crippen LogP contribution in [-0.2, 0) is 16.0 Å². The Kier molecular flexibility index (Phi) is 2.51. The zero-order valence-corrected chi connectivity index (χ0v) is 9.36. The number of rotatable bonds is 2. The molecule has 1 aromatic rings. The molecule has 1 amide bonds. The molecule has 2 aliphatic rings. The van der Waals surface area contributed by atoms with Crippen molar-refractivity contribution in [3.05, 3.63) is 29.3 Å². The Balaban J connectivity index is 1.91. The van der Waals surface area contributed by atoms with Crippen molar-refractivity contribution in [1.29, 1.82) is 0 Å². The standard InChI is InChI=1S/C11H12N4O3/c16-8-4-6-3-5(1-2-7(6)12-8)9-10(11(17)18)14-15-13-9/h1-3,9-10,13-15H,4H2,(H,12,16)(H,17,18). The van der Waals surface area contributed by atoms with Gasteiger partial charge < -0.3 is 10.4 Å². The molecule has 0 aliphatic carbocycles. The van der Waals surface area contributed by atoms with E-state index in [0.717, 1.165) is 16.8 Å². The lowest BCUT2D eigenvalue weighted by molar-refractivity contribution is -0.139. The van der Waals surface area contributed by atoms with Gasteiger partial charge in [0.05, 0.1) is 12.5 Å². The zero-order valence-electron chi connectivity index (χ0n) is 9.36. The Bertz CT molecular complexity index is 531. The van der Waals surface area contributed by atoms with E-state index < -0.39 is 12.0 Å². The average molecular weight is 248 g/mol. The van der Waals surface area contributed by atoms with Crippen molar-refractivity contribution in [3.8, 4) is 0 Å². The van der Waals surface area contributed by atoms with Gasteiger partial charge in [-0.3, -0.25) is 9.59 Å². The first-order valence-corrected chi connectivity index (χ1v) is 5.57. The van der Waals surface area contributed by atoms with Crippen molar-refractivity contribution in [2.24, 2.45) is 0 Å². The number of nitrogens with one attached hydrogen (secondary N) is 4. The molecule has 94 valence electrons. The van der Waals surface area contributed by atoms with Gasteiger partial charge in [-0.2, -0.15) is 5.53 Å². The fourth-order valence-electron chi connectivity index (χ4n) is 2.29. The summed E-state index contributed by atoms with van der Waals surface area (Å²) in [6.07, 6.45) is 0.342. The number of carbonyl (C=O) groups is 2. The molecule has 1 aromatic carbocycles. The summed E-state index contributed by atoms with van der Waals surface area (Å²) in [6.45, 7) is 0. The molecule has 1 fully saturated rings. The summed E-state index contributed by atoms with van der Waals surface area (Å²) >= 11 is 0. The minimum absolute atomic E-state index is 0.0347. The molecule has 7 heteroatoms. The second-order valence-electron chi connectivity index (χ2n) is 4.35. The lowest BCUT2D eigenvalue weighted by atomic mass is 9.98. The number of hydrogen-bond acceptors (Lipinski definition) is 5. The molecular formula is C11H12N4O3. The van der Waals surface area contributed by atoms with Gasteiger partial charge >= 0.3 is 5.97 Å². The molecule has 7 nitrogen and oxygen atoms in total. The monoisotopic (exact) mass is 248 g/mol. The number of carboxylic acids is 1. The molecule has 5 N–H and O–H groups in total. The third-order valence-corrected chi connectivity index (χ3v) is 3.17. The normalized spacial score (nSPS) is 25.9. The molecule has 2 unspecified atom stereocenters. The topological polar surface area (TPSA) is 102 Å². The first-order chi connectivity index (χ1) is 8.65. The molecule has 1 saturated heterocycles. The van der Waals surface area contributed by atoms with Gasteiger partial charge in [0, 0.05) is 5.69 Å². The molecule has 0 aromatic heterocycles. The van der Waals surface area contributed by atoms with Crippen molar-refractivity contribution in [2.75, 3.05) is 5.32 Å². The largest absolute Gasteiger partial charge is 0.480 e. The summed E-state index contributed by atoms with van der Waals surface area (Å²) in [4.78, 5) is 22.3. The first-order valence-electron chi connectivity index (χ1n) is 5.57. The maximum atomic E-state index is 11.3. The number of anilines is 1. The molecule has 2 heterocycles. The number of carbonyl (C=O) groups excluding carboxylic acids is 1. The van der Waals surface area contributed by atoms with Crippen molar-refractivity contribution >= 4 is 17.6 Å². The van der Waals surface area contributed by atoms with Crippen LogP contribution in [0, 0.1) is 0 Å². The summed E-state index contributed by atoms with van der Waals surface area (Å²) in [6, 6.07) is 4.35. The Morgan fingerprint density at radius 2 is 2.17 bits per heavy atom. The van der Waals surface area contributed by atoms with Gasteiger partial charge in [-0.25, -0.2) is 10.9 Å². The van der Waals surface area contributed by atoms with Crippen molar-refractivity contribution in [3.63, 3.8) is 0 Å². The summed E-state index contributed by atoms with van der Waals surface area (Å²) in [5, 5.41) is 11.8. The van der Waals surface area contributed by atoms with Crippen LogP contribution in [0.3, 0.4) is 0 Å². The lowest BCUT2D eigenvalue weighted by Gasteiger charge is -2.15. The minimum Gasteiger partial charge on any atom is -0.480 e. The fourth-order valence-corrected chi connectivity index (χ4v) is 2.29. The van der Waals surface area contributed by atoms with E-state index >= 15 is 0 Å². The number of aliphatic carboxylic acids is 1. The van der Waals surface area contributed by atoms with Crippen LogP contribution in [0.1, 0.15) is 17.2 Å². The molecule has 2 atom stereocenters. The van der Waals surface area contributed by atoms with Crippen LogP contribution >= 0.6 is 0 Å². The Hall–Kier alpha value is -1.96. The smallest absolute Gasteiger partial charge is 0.324 e. The quantitative estimate of drug-likeness (QED) is 0.474. The van der Waals surface area contributed by atoms with Gasteiger partial charge in [0.25, 0.3) is 0 Å². The van der Waals surface area contributed by atoms with E-state index in [1.54, 1.807) is 6.07 Å².